The number of H-pyrrole nitrogens is 1. The van der Waals surface area contributed by atoms with E-state index in [1.807, 2.05) is 41.0 Å². The third-order valence-electron chi connectivity index (χ3n) is 7.63. The van der Waals surface area contributed by atoms with Gasteiger partial charge in [-0.15, -0.1) is 0 Å². The zero-order valence-corrected chi connectivity index (χ0v) is 19.0. The number of aromatic amines is 1. The van der Waals surface area contributed by atoms with Gasteiger partial charge in [-0.05, 0) is 61.1 Å². The van der Waals surface area contributed by atoms with E-state index in [0.717, 1.165) is 62.1 Å². The molecule has 1 amide bonds. The number of amidine groups is 1. The smallest absolute Gasteiger partial charge is 0.326 e. The van der Waals surface area contributed by atoms with Gasteiger partial charge in [0.1, 0.15) is 11.6 Å². The van der Waals surface area contributed by atoms with Crippen LogP contribution in [0.2, 0.25) is 0 Å². The van der Waals surface area contributed by atoms with Crippen molar-refractivity contribution in [3.63, 3.8) is 0 Å². The summed E-state index contributed by atoms with van der Waals surface area (Å²) in [6.45, 7) is 1.89. The molecule has 0 radical (unpaired) electrons. The summed E-state index contributed by atoms with van der Waals surface area (Å²) in [6.07, 6.45) is 4.26. The second kappa shape index (κ2) is 8.43. The molecular formula is C26H29N5O3. The van der Waals surface area contributed by atoms with Crippen molar-refractivity contribution in [2.24, 2.45) is 4.99 Å². The van der Waals surface area contributed by atoms with Crippen LogP contribution in [-0.4, -0.2) is 57.0 Å². The second-order valence-electron chi connectivity index (χ2n) is 9.75. The van der Waals surface area contributed by atoms with Crippen LogP contribution in [0.1, 0.15) is 48.8 Å². The van der Waals surface area contributed by atoms with Crippen LogP contribution in [0.4, 0.5) is 0 Å². The predicted octanol–water partition coefficient (Wildman–Crippen LogP) is 2.69. The van der Waals surface area contributed by atoms with E-state index in [2.05, 4.69) is 15.2 Å². The van der Waals surface area contributed by atoms with Crippen molar-refractivity contribution in [2.75, 3.05) is 19.6 Å². The van der Waals surface area contributed by atoms with E-state index in [9.17, 15) is 14.7 Å². The molecule has 1 fully saturated rings. The first kappa shape index (κ1) is 21.2. The Hall–Kier alpha value is -3.39. The van der Waals surface area contributed by atoms with Crippen LogP contribution in [0.5, 0.6) is 5.75 Å². The molecule has 3 aliphatic rings. The lowest BCUT2D eigenvalue weighted by molar-refractivity contribution is -0.121. The van der Waals surface area contributed by atoms with Crippen molar-refractivity contribution < 1.29 is 9.90 Å². The number of phenolic OH excluding ortho intramolecular Hbond substituents is 1. The van der Waals surface area contributed by atoms with Crippen LogP contribution in [-0.2, 0) is 11.2 Å². The summed E-state index contributed by atoms with van der Waals surface area (Å²) in [5, 5.41) is 12.8. The molecule has 1 aromatic heterocycles. The molecule has 0 unspecified atom stereocenters. The molecule has 3 heterocycles. The molecule has 2 atom stereocenters. The number of phenols is 1. The summed E-state index contributed by atoms with van der Waals surface area (Å²) in [4.78, 5) is 35.2. The molecule has 1 saturated heterocycles. The van der Waals surface area contributed by atoms with Crippen molar-refractivity contribution in [1.82, 2.24) is 19.8 Å². The van der Waals surface area contributed by atoms with Gasteiger partial charge in [0, 0.05) is 31.5 Å². The average Bonchev–Trinajstić information content (AvgIpc) is 3.39. The van der Waals surface area contributed by atoms with Gasteiger partial charge in [0.2, 0.25) is 5.91 Å². The fraction of sp³-hybridized carbons (Fsp3) is 0.423. The number of hydrogen-bond donors (Lipinski definition) is 3. The van der Waals surface area contributed by atoms with Crippen molar-refractivity contribution >= 4 is 22.8 Å². The lowest BCUT2D eigenvalue weighted by Gasteiger charge is -2.32. The Bertz CT molecular complexity index is 1330. The molecule has 6 rings (SSSR count). The highest BCUT2D eigenvalue weighted by Crippen LogP contribution is 2.40. The quantitative estimate of drug-likeness (QED) is 0.560. The van der Waals surface area contributed by atoms with Crippen molar-refractivity contribution in [3.8, 4) is 5.75 Å². The molecule has 1 aliphatic carbocycles. The van der Waals surface area contributed by atoms with Crippen LogP contribution < -0.4 is 11.0 Å². The number of aliphatic imine (C=N–C) groups is 1. The third-order valence-corrected chi connectivity index (χ3v) is 7.63. The Morgan fingerprint density at radius 1 is 1.15 bits per heavy atom. The highest BCUT2D eigenvalue weighted by Gasteiger charge is 2.35. The maximum atomic E-state index is 12.8. The van der Waals surface area contributed by atoms with Gasteiger partial charge in [-0.2, -0.15) is 0 Å². The van der Waals surface area contributed by atoms with E-state index < -0.39 is 0 Å². The number of nitrogens with zero attached hydrogens (tertiary/aromatic N) is 3. The van der Waals surface area contributed by atoms with Gasteiger partial charge in [0.15, 0.2) is 0 Å². The average molecular weight is 460 g/mol. The fourth-order valence-electron chi connectivity index (χ4n) is 6.00. The van der Waals surface area contributed by atoms with Crippen LogP contribution in [0.15, 0.2) is 52.3 Å². The van der Waals surface area contributed by atoms with Crippen LogP contribution in [0.3, 0.4) is 0 Å². The minimum absolute atomic E-state index is 0.0222. The SMILES string of the molecule is O=C(CN1CCC(n2c(=O)[nH]c3ccccc32)CC1)NC1=N[C@@H]2CCc3cc(O)ccc3[C@@H]2C1. The Morgan fingerprint density at radius 2 is 1.97 bits per heavy atom. The molecule has 0 bridgehead atoms. The third kappa shape index (κ3) is 3.81. The largest absolute Gasteiger partial charge is 0.508 e. The number of carbonyl (C=O) groups excluding carboxylic acids is 1. The van der Waals surface area contributed by atoms with Gasteiger partial charge < -0.3 is 15.4 Å². The molecule has 2 aliphatic heterocycles. The van der Waals surface area contributed by atoms with Gasteiger partial charge in [0.25, 0.3) is 0 Å². The minimum atomic E-state index is -0.0603. The van der Waals surface area contributed by atoms with Gasteiger partial charge in [-0.25, -0.2) is 4.79 Å². The number of aryl methyl sites for hydroxylation is 1. The highest BCUT2D eigenvalue weighted by atomic mass is 16.3. The monoisotopic (exact) mass is 459 g/mol. The summed E-state index contributed by atoms with van der Waals surface area (Å²) in [7, 11) is 0. The van der Waals surface area contributed by atoms with Gasteiger partial charge in [-0.1, -0.05) is 18.2 Å². The molecule has 3 N–H and O–H groups in total. The molecule has 8 nitrogen and oxygen atoms in total. The molecule has 176 valence electrons. The zero-order chi connectivity index (χ0) is 23.2. The van der Waals surface area contributed by atoms with E-state index in [1.54, 1.807) is 6.07 Å². The predicted molar refractivity (Wildman–Crippen MR) is 130 cm³/mol. The van der Waals surface area contributed by atoms with E-state index in [-0.39, 0.29) is 29.6 Å². The summed E-state index contributed by atoms with van der Waals surface area (Å²) in [6, 6.07) is 13.7. The summed E-state index contributed by atoms with van der Waals surface area (Å²) in [5.41, 5.74) is 4.19. The molecule has 8 heteroatoms. The lowest BCUT2D eigenvalue weighted by Crippen LogP contribution is -2.44. The lowest BCUT2D eigenvalue weighted by atomic mass is 9.79. The van der Waals surface area contributed by atoms with Crippen LogP contribution >= 0.6 is 0 Å². The summed E-state index contributed by atoms with van der Waals surface area (Å²) in [5.74, 6) is 1.35. The van der Waals surface area contributed by atoms with Gasteiger partial charge in [0.05, 0.1) is 23.6 Å². The number of likely N-dealkylation sites (tertiary alicyclic amines) is 1. The zero-order valence-electron chi connectivity index (χ0n) is 19.0. The van der Waals surface area contributed by atoms with Crippen molar-refractivity contribution in [3.05, 3.63) is 64.1 Å². The first-order valence-electron chi connectivity index (χ1n) is 12.1. The van der Waals surface area contributed by atoms with Crippen molar-refractivity contribution in [2.45, 2.75) is 50.1 Å². The van der Waals surface area contributed by atoms with Crippen molar-refractivity contribution in [1.29, 1.82) is 0 Å². The number of imidazole rings is 1. The minimum Gasteiger partial charge on any atom is -0.508 e. The second-order valence-corrected chi connectivity index (χ2v) is 9.75. The maximum Gasteiger partial charge on any atom is 0.326 e. The Kier molecular flexibility index (Phi) is 5.25. The number of para-hydroxylation sites is 2. The van der Waals surface area contributed by atoms with Crippen LogP contribution in [0, 0.1) is 0 Å². The molecule has 34 heavy (non-hydrogen) atoms. The number of nitrogens with one attached hydrogen (secondary N) is 2. The van der Waals surface area contributed by atoms with Crippen LogP contribution in [0.25, 0.3) is 11.0 Å². The number of rotatable bonds is 3. The van der Waals surface area contributed by atoms with Gasteiger partial charge >= 0.3 is 5.69 Å². The Morgan fingerprint density at radius 3 is 2.82 bits per heavy atom. The molecule has 3 aromatic rings. The van der Waals surface area contributed by atoms with E-state index >= 15 is 0 Å². The number of hydrogen-bond acceptors (Lipinski definition) is 5. The van der Waals surface area contributed by atoms with E-state index in [1.165, 1.54) is 11.1 Å². The fourth-order valence-corrected chi connectivity index (χ4v) is 6.00. The molecule has 2 aromatic carbocycles. The van der Waals surface area contributed by atoms with Gasteiger partial charge in [-0.3, -0.25) is 19.3 Å². The number of aromatic nitrogens is 2. The Labute approximate surface area is 197 Å². The maximum absolute atomic E-state index is 12.8. The number of piperidine rings is 1. The number of aromatic hydroxyl groups is 1. The molecular weight excluding hydrogens is 430 g/mol. The first-order chi connectivity index (χ1) is 16.5. The van der Waals surface area contributed by atoms with E-state index in [0.29, 0.717) is 12.3 Å². The molecule has 0 saturated carbocycles. The highest BCUT2D eigenvalue weighted by molar-refractivity contribution is 6.00. The summed E-state index contributed by atoms with van der Waals surface area (Å²) < 4.78 is 1.87. The number of benzene rings is 2. The number of carbonyl (C=O) groups is 1. The normalized spacial score (nSPS) is 22.9. The standard InChI is InChI=1S/C26H29N5O3/c32-18-6-7-19-16(13-18)5-8-21-20(19)14-24(27-21)29-25(33)15-30-11-9-17(10-12-30)31-23-4-2-1-3-22(23)28-26(31)34/h1-4,6-7,13,17,20-21,32H,5,8-12,14-15H2,(H,28,34)(H,27,29,33)/t20-,21+/m0/s1. The van der Waals surface area contributed by atoms with E-state index in [4.69, 9.17) is 4.99 Å². The Balaban J connectivity index is 1.05. The number of amides is 1. The first-order valence-corrected chi connectivity index (χ1v) is 12.1. The number of fused-ring (bicyclic) bond motifs is 4. The topological polar surface area (TPSA) is 103 Å². The molecule has 0 spiro atoms. The summed E-state index contributed by atoms with van der Waals surface area (Å²) >= 11 is 0.